The zero-order chi connectivity index (χ0) is 20.8. The fourth-order valence-corrected chi connectivity index (χ4v) is 3.26. The van der Waals surface area contributed by atoms with E-state index < -0.39 is 17.5 Å². The number of carbonyl (C=O) groups excluding carboxylic acids is 2. The van der Waals surface area contributed by atoms with Gasteiger partial charge in [-0.15, -0.1) is 0 Å². The van der Waals surface area contributed by atoms with E-state index in [4.69, 9.17) is 4.74 Å². The second kappa shape index (κ2) is 9.36. The molecule has 0 aromatic heterocycles. The van der Waals surface area contributed by atoms with E-state index in [9.17, 15) is 18.4 Å². The number of urea groups is 1. The lowest BCUT2D eigenvalue weighted by Crippen LogP contribution is -2.43. The van der Waals surface area contributed by atoms with Gasteiger partial charge in [0, 0.05) is 25.2 Å². The predicted octanol–water partition coefficient (Wildman–Crippen LogP) is 3.65. The van der Waals surface area contributed by atoms with Crippen LogP contribution in [0, 0.1) is 17.6 Å². The van der Waals surface area contributed by atoms with Crippen LogP contribution in [0.25, 0.3) is 0 Å². The number of hydrogen-bond acceptors (Lipinski definition) is 3. The Balaban J connectivity index is 1.45. The van der Waals surface area contributed by atoms with Gasteiger partial charge in [-0.05, 0) is 49.1 Å². The van der Waals surface area contributed by atoms with E-state index in [-0.39, 0.29) is 17.5 Å². The van der Waals surface area contributed by atoms with E-state index in [0.29, 0.717) is 31.1 Å². The molecule has 1 aliphatic heterocycles. The number of anilines is 1. The molecule has 1 fully saturated rings. The number of ether oxygens (including phenoxy) is 1. The zero-order valence-electron chi connectivity index (χ0n) is 16.1. The number of carbonyl (C=O) groups is 2. The molecule has 0 saturated carbocycles. The Labute approximate surface area is 167 Å². The molecule has 29 heavy (non-hydrogen) atoms. The van der Waals surface area contributed by atoms with Crippen LogP contribution in [-0.4, -0.2) is 43.6 Å². The van der Waals surface area contributed by atoms with Crippen molar-refractivity contribution >= 4 is 17.6 Å². The molecule has 2 N–H and O–H groups in total. The zero-order valence-corrected chi connectivity index (χ0v) is 16.1. The molecule has 0 spiro atoms. The topological polar surface area (TPSA) is 70.7 Å². The minimum absolute atomic E-state index is 0.0810. The average Bonchev–Trinajstić information content (AvgIpc) is 2.74. The number of nitrogens with one attached hydrogen (secondary N) is 2. The van der Waals surface area contributed by atoms with Crippen molar-refractivity contribution in [1.29, 1.82) is 0 Å². The number of para-hydroxylation sites is 2. The van der Waals surface area contributed by atoms with Gasteiger partial charge in [0.2, 0.25) is 0 Å². The summed E-state index contributed by atoms with van der Waals surface area (Å²) in [6.07, 6.45) is 1.47. The lowest BCUT2D eigenvalue weighted by Gasteiger charge is -2.32. The summed E-state index contributed by atoms with van der Waals surface area (Å²) in [5.74, 6) is -1.68. The first-order valence-corrected chi connectivity index (χ1v) is 9.40. The molecule has 3 rings (SSSR count). The second-order valence-electron chi connectivity index (χ2n) is 6.90. The highest BCUT2D eigenvalue weighted by atomic mass is 19.2. The highest BCUT2D eigenvalue weighted by Crippen LogP contribution is 2.24. The summed E-state index contributed by atoms with van der Waals surface area (Å²) in [6, 6.07) is 10.1. The molecule has 154 valence electrons. The number of halogens is 2. The number of likely N-dealkylation sites (tertiary alicyclic amines) is 1. The van der Waals surface area contributed by atoms with Gasteiger partial charge in [0.1, 0.15) is 5.75 Å². The van der Waals surface area contributed by atoms with E-state index in [2.05, 4.69) is 10.6 Å². The maximum atomic E-state index is 13.3. The molecular formula is C21H23F2N3O3. The van der Waals surface area contributed by atoms with Crippen LogP contribution in [0.2, 0.25) is 0 Å². The second-order valence-corrected chi connectivity index (χ2v) is 6.90. The number of hydrogen-bond donors (Lipinski definition) is 2. The number of rotatable bonds is 5. The van der Waals surface area contributed by atoms with Gasteiger partial charge in [-0.25, -0.2) is 13.6 Å². The van der Waals surface area contributed by atoms with Crippen LogP contribution in [0.3, 0.4) is 0 Å². The standard InChI is InChI=1S/C21H23F2N3O3/c1-29-19-5-3-2-4-18(19)25-21(28)26-10-8-14(9-11-26)13-24-20(27)15-6-7-16(22)17(23)12-15/h2-7,12,14H,8-11,13H2,1H3,(H,24,27)(H,25,28). The van der Waals surface area contributed by atoms with E-state index in [1.165, 1.54) is 6.07 Å². The minimum atomic E-state index is -1.05. The van der Waals surface area contributed by atoms with Gasteiger partial charge in [0.25, 0.3) is 5.91 Å². The molecule has 0 unspecified atom stereocenters. The summed E-state index contributed by atoms with van der Waals surface area (Å²) in [5, 5.41) is 5.60. The van der Waals surface area contributed by atoms with Gasteiger partial charge in [-0.1, -0.05) is 12.1 Å². The van der Waals surface area contributed by atoms with Crippen LogP contribution in [-0.2, 0) is 0 Å². The number of benzene rings is 2. The normalized spacial score (nSPS) is 14.4. The first kappa shape index (κ1) is 20.6. The molecule has 6 nitrogen and oxygen atoms in total. The summed E-state index contributed by atoms with van der Waals surface area (Å²) in [5.41, 5.74) is 0.693. The maximum Gasteiger partial charge on any atom is 0.321 e. The average molecular weight is 403 g/mol. The largest absolute Gasteiger partial charge is 0.495 e. The van der Waals surface area contributed by atoms with Crippen LogP contribution < -0.4 is 15.4 Å². The molecule has 8 heteroatoms. The molecule has 0 atom stereocenters. The maximum absolute atomic E-state index is 13.3. The first-order valence-electron chi connectivity index (χ1n) is 9.40. The number of amides is 3. The van der Waals surface area contributed by atoms with Crippen molar-refractivity contribution in [2.24, 2.45) is 5.92 Å². The van der Waals surface area contributed by atoms with E-state index in [1.807, 2.05) is 12.1 Å². The minimum Gasteiger partial charge on any atom is -0.495 e. The Morgan fingerprint density at radius 2 is 1.83 bits per heavy atom. The fraction of sp³-hybridized carbons (Fsp3) is 0.333. The van der Waals surface area contributed by atoms with Crippen LogP contribution in [0.4, 0.5) is 19.3 Å². The molecular weight excluding hydrogens is 380 g/mol. The highest BCUT2D eigenvalue weighted by Gasteiger charge is 2.24. The van der Waals surface area contributed by atoms with Crippen LogP contribution in [0.15, 0.2) is 42.5 Å². The van der Waals surface area contributed by atoms with Gasteiger partial charge in [0.05, 0.1) is 12.8 Å². The van der Waals surface area contributed by atoms with Crippen molar-refractivity contribution in [3.63, 3.8) is 0 Å². The summed E-state index contributed by atoms with van der Waals surface area (Å²) < 4.78 is 31.5. The summed E-state index contributed by atoms with van der Waals surface area (Å²) in [6.45, 7) is 1.54. The quantitative estimate of drug-likeness (QED) is 0.801. The molecule has 1 saturated heterocycles. The van der Waals surface area contributed by atoms with E-state index in [0.717, 1.165) is 25.0 Å². The van der Waals surface area contributed by atoms with Crippen molar-refractivity contribution < 1.29 is 23.1 Å². The van der Waals surface area contributed by atoms with Crippen molar-refractivity contribution in [2.75, 3.05) is 32.1 Å². The summed E-state index contributed by atoms with van der Waals surface area (Å²) in [7, 11) is 1.55. The third-order valence-corrected chi connectivity index (χ3v) is 4.98. The smallest absolute Gasteiger partial charge is 0.321 e. The number of nitrogens with zero attached hydrogens (tertiary/aromatic N) is 1. The molecule has 1 heterocycles. The Morgan fingerprint density at radius 3 is 2.52 bits per heavy atom. The summed E-state index contributed by atoms with van der Waals surface area (Å²) in [4.78, 5) is 26.3. The van der Waals surface area contributed by atoms with Gasteiger partial charge in [-0.2, -0.15) is 0 Å². The monoisotopic (exact) mass is 403 g/mol. The van der Waals surface area contributed by atoms with Crippen LogP contribution >= 0.6 is 0 Å². The lowest BCUT2D eigenvalue weighted by molar-refractivity contribution is 0.0938. The molecule has 0 aliphatic carbocycles. The van der Waals surface area contributed by atoms with Gasteiger partial charge >= 0.3 is 6.03 Å². The third-order valence-electron chi connectivity index (χ3n) is 4.98. The SMILES string of the molecule is COc1ccccc1NC(=O)N1CCC(CNC(=O)c2ccc(F)c(F)c2)CC1. The highest BCUT2D eigenvalue weighted by molar-refractivity contribution is 5.94. The van der Waals surface area contributed by atoms with Crippen molar-refractivity contribution in [3.05, 3.63) is 59.7 Å². The van der Waals surface area contributed by atoms with E-state index in [1.54, 1.807) is 24.1 Å². The Kier molecular flexibility index (Phi) is 6.64. The Hall–Kier alpha value is -3.16. The number of methoxy groups -OCH3 is 1. The molecule has 3 amide bonds. The van der Waals surface area contributed by atoms with Crippen molar-refractivity contribution in [2.45, 2.75) is 12.8 Å². The molecule has 2 aromatic carbocycles. The molecule has 1 aliphatic rings. The summed E-state index contributed by atoms with van der Waals surface area (Å²) >= 11 is 0. The van der Waals surface area contributed by atoms with Crippen LogP contribution in [0.5, 0.6) is 5.75 Å². The third kappa shape index (κ3) is 5.22. The number of piperidine rings is 1. The lowest BCUT2D eigenvalue weighted by atomic mass is 9.97. The first-order chi connectivity index (χ1) is 14.0. The van der Waals surface area contributed by atoms with Gasteiger partial charge < -0.3 is 20.3 Å². The Morgan fingerprint density at radius 1 is 1.10 bits per heavy atom. The van der Waals surface area contributed by atoms with Crippen molar-refractivity contribution in [1.82, 2.24) is 10.2 Å². The predicted molar refractivity (Wildman–Crippen MR) is 105 cm³/mol. The fourth-order valence-electron chi connectivity index (χ4n) is 3.26. The van der Waals surface area contributed by atoms with Gasteiger partial charge in [0.15, 0.2) is 11.6 Å². The van der Waals surface area contributed by atoms with E-state index >= 15 is 0 Å². The molecule has 0 bridgehead atoms. The van der Waals surface area contributed by atoms with Crippen molar-refractivity contribution in [3.8, 4) is 5.75 Å². The molecule has 2 aromatic rings. The molecule has 0 radical (unpaired) electrons. The Bertz CT molecular complexity index is 883. The van der Waals surface area contributed by atoms with Gasteiger partial charge in [-0.3, -0.25) is 4.79 Å². The van der Waals surface area contributed by atoms with Crippen LogP contribution in [0.1, 0.15) is 23.2 Å².